The SMILES string of the molecule is O=C(NCCCc1ccccc1)N1CCN(C[C@H](O)C2CC2)CC1. The zero-order valence-corrected chi connectivity index (χ0v) is 14.4. The van der Waals surface area contributed by atoms with Crippen LogP contribution in [0.4, 0.5) is 4.79 Å². The van der Waals surface area contributed by atoms with E-state index in [2.05, 4.69) is 22.3 Å². The predicted molar refractivity (Wildman–Crippen MR) is 94.9 cm³/mol. The average molecular weight is 331 g/mol. The van der Waals surface area contributed by atoms with Crippen LogP contribution in [-0.4, -0.2) is 66.3 Å². The minimum Gasteiger partial charge on any atom is -0.392 e. The number of urea groups is 1. The van der Waals surface area contributed by atoms with Gasteiger partial charge in [-0.1, -0.05) is 30.3 Å². The van der Waals surface area contributed by atoms with E-state index in [9.17, 15) is 9.90 Å². The number of aliphatic hydroxyl groups is 1. The number of aryl methyl sites for hydroxylation is 1. The first-order valence-electron chi connectivity index (χ1n) is 9.19. The molecule has 0 unspecified atom stereocenters. The Morgan fingerprint density at radius 2 is 1.88 bits per heavy atom. The molecular formula is C19H29N3O2. The van der Waals surface area contributed by atoms with Gasteiger partial charge in [-0.3, -0.25) is 4.90 Å². The number of piperazine rings is 1. The summed E-state index contributed by atoms with van der Waals surface area (Å²) in [7, 11) is 0. The van der Waals surface area contributed by atoms with Crippen LogP contribution >= 0.6 is 0 Å². The van der Waals surface area contributed by atoms with Crippen LogP contribution in [0.1, 0.15) is 24.8 Å². The first-order valence-corrected chi connectivity index (χ1v) is 9.19. The molecule has 1 saturated heterocycles. The van der Waals surface area contributed by atoms with Crippen LogP contribution in [0.15, 0.2) is 30.3 Å². The van der Waals surface area contributed by atoms with E-state index in [-0.39, 0.29) is 12.1 Å². The van der Waals surface area contributed by atoms with Gasteiger partial charge < -0.3 is 15.3 Å². The van der Waals surface area contributed by atoms with Gasteiger partial charge in [0.15, 0.2) is 0 Å². The largest absolute Gasteiger partial charge is 0.392 e. The molecular weight excluding hydrogens is 302 g/mol. The Morgan fingerprint density at radius 3 is 2.54 bits per heavy atom. The highest BCUT2D eigenvalue weighted by Crippen LogP contribution is 2.32. The first-order chi connectivity index (χ1) is 11.7. The van der Waals surface area contributed by atoms with Crippen molar-refractivity contribution in [3.8, 4) is 0 Å². The maximum atomic E-state index is 12.2. The van der Waals surface area contributed by atoms with Crippen molar-refractivity contribution in [2.45, 2.75) is 31.8 Å². The van der Waals surface area contributed by atoms with Crippen LogP contribution < -0.4 is 5.32 Å². The number of nitrogens with one attached hydrogen (secondary N) is 1. The fourth-order valence-corrected chi connectivity index (χ4v) is 3.27. The Hall–Kier alpha value is -1.59. The second kappa shape index (κ2) is 8.49. The van der Waals surface area contributed by atoms with Crippen LogP contribution in [0, 0.1) is 5.92 Å². The van der Waals surface area contributed by atoms with Gasteiger partial charge in [0.05, 0.1) is 6.10 Å². The molecule has 2 aliphatic rings. The van der Waals surface area contributed by atoms with E-state index in [1.54, 1.807) is 0 Å². The van der Waals surface area contributed by atoms with Crippen LogP contribution in [0.25, 0.3) is 0 Å². The highest BCUT2D eigenvalue weighted by atomic mass is 16.3. The Morgan fingerprint density at radius 1 is 1.17 bits per heavy atom. The summed E-state index contributed by atoms with van der Waals surface area (Å²) in [5.74, 6) is 0.524. The number of benzene rings is 1. The summed E-state index contributed by atoms with van der Waals surface area (Å²) in [5, 5.41) is 13.0. The van der Waals surface area contributed by atoms with Crippen LogP contribution in [0.3, 0.4) is 0 Å². The molecule has 2 fully saturated rings. The van der Waals surface area contributed by atoms with Gasteiger partial charge in [0.1, 0.15) is 0 Å². The molecule has 3 rings (SSSR count). The molecule has 0 bridgehead atoms. The number of carbonyl (C=O) groups is 1. The molecule has 1 aliphatic heterocycles. The fourth-order valence-electron chi connectivity index (χ4n) is 3.27. The predicted octanol–water partition coefficient (Wildman–Crippen LogP) is 1.72. The molecule has 0 spiro atoms. The number of amides is 2. The molecule has 24 heavy (non-hydrogen) atoms. The Kier molecular flexibility index (Phi) is 6.10. The summed E-state index contributed by atoms with van der Waals surface area (Å²) in [6.07, 6.45) is 4.12. The Bertz CT molecular complexity index is 511. The minimum atomic E-state index is -0.177. The van der Waals surface area contributed by atoms with E-state index in [0.29, 0.717) is 12.5 Å². The molecule has 2 amide bonds. The van der Waals surface area contributed by atoms with Gasteiger partial charge in [-0.15, -0.1) is 0 Å². The number of nitrogens with zero attached hydrogens (tertiary/aromatic N) is 2. The smallest absolute Gasteiger partial charge is 0.317 e. The summed E-state index contributed by atoms with van der Waals surface area (Å²) in [6, 6.07) is 10.4. The first kappa shape index (κ1) is 17.2. The molecule has 5 nitrogen and oxygen atoms in total. The second-order valence-corrected chi connectivity index (χ2v) is 7.01. The highest BCUT2D eigenvalue weighted by Gasteiger charge is 2.31. The maximum Gasteiger partial charge on any atom is 0.317 e. The third-order valence-electron chi connectivity index (χ3n) is 5.03. The van der Waals surface area contributed by atoms with Crippen molar-refractivity contribution in [2.75, 3.05) is 39.3 Å². The average Bonchev–Trinajstić information content (AvgIpc) is 3.45. The summed E-state index contributed by atoms with van der Waals surface area (Å²) >= 11 is 0. The molecule has 2 N–H and O–H groups in total. The number of hydrogen-bond donors (Lipinski definition) is 2. The molecule has 1 atom stereocenters. The van der Waals surface area contributed by atoms with E-state index < -0.39 is 0 Å². The van der Waals surface area contributed by atoms with Gasteiger partial charge in [-0.25, -0.2) is 4.79 Å². The van der Waals surface area contributed by atoms with Crippen molar-refractivity contribution in [3.63, 3.8) is 0 Å². The van der Waals surface area contributed by atoms with E-state index in [1.807, 2.05) is 23.1 Å². The van der Waals surface area contributed by atoms with Crippen molar-refractivity contribution in [2.24, 2.45) is 5.92 Å². The summed E-state index contributed by atoms with van der Waals surface area (Å²) in [5.41, 5.74) is 1.31. The molecule has 1 aromatic carbocycles. The number of β-amino-alcohol motifs (C(OH)–C–C–N with tert-alkyl or cyclic N) is 1. The quantitative estimate of drug-likeness (QED) is 0.748. The minimum absolute atomic E-state index is 0.0467. The molecule has 132 valence electrons. The van der Waals surface area contributed by atoms with Gasteiger partial charge in [0.25, 0.3) is 0 Å². The lowest BCUT2D eigenvalue weighted by Gasteiger charge is -2.35. The maximum absolute atomic E-state index is 12.2. The summed E-state index contributed by atoms with van der Waals surface area (Å²) in [4.78, 5) is 16.4. The number of hydrogen-bond acceptors (Lipinski definition) is 3. The molecule has 0 radical (unpaired) electrons. The molecule has 1 heterocycles. The molecule has 1 aliphatic carbocycles. The Balaban J connectivity index is 1.29. The lowest BCUT2D eigenvalue weighted by atomic mass is 10.1. The monoisotopic (exact) mass is 331 g/mol. The van der Waals surface area contributed by atoms with Crippen molar-refractivity contribution in [1.29, 1.82) is 0 Å². The fraction of sp³-hybridized carbons (Fsp3) is 0.632. The van der Waals surface area contributed by atoms with E-state index in [0.717, 1.165) is 45.6 Å². The number of rotatable bonds is 7. The van der Waals surface area contributed by atoms with Gasteiger partial charge in [-0.05, 0) is 37.2 Å². The second-order valence-electron chi connectivity index (χ2n) is 7.01. The Labute approximate surface area is 144 Å². The van der Waals surface area contributed by atoms with Crippen molar-refractivity contribution >= 4 is 6.03 Å². The van der Waals surface area contributed by atoms with Gasteiger partial charge in [0.2, 0.25) is 0 Å². The van der Waals surface area contributed by atoms with Crippen LogP contribution in [-0.2, 0) is 6.42 Å². The lowest BCUT2D eigenvalue weighted by Crippen LogP contribution is -2.53. The molecule has 1 saturated carbocycles. The van der Waals surface area contributed by atoms with Crippen LogP contribution in [0.5, 0.6) is 0 Å². The topological polar surface area (TPSA) is 55.8 Å². The summed E-state index contributed by atoms with van der Waals surface area (Å²) in [6.45, 7) is 4.71. The lowest BCUT2D eigenvalue weighted by molar-refractivity contribution is 0.0696. The van der Waals surface area contributed by atoms with E-state index >= 15 is 0 Å². The van der Waals surface area contributed by atoms with Crippen molar-refractivity contribution in [3.05, 3.63) is 35.9 Å². The van der Waals surface area contributed by atoms with Gasteiger partial charge in [0, 0.05) is 39.3 Å². The van der Waals surface area contributed by atoms with Gasteiger partial charge >= 0.3 is 6.03 Å². The van der Waals surface area contributed by atoms with Crippen molar-refractivity contribution < 1.29 is 9.90 Å². The normalized spacial score (nSPS) is 20.0. The third-order valence-corrected chi connectivity index (χ3v) is 5.03. The zero-order valence-electron chi connectivity index (χ0n) is 14.4. The molecule has 5 heteroatoms. The number of aliphatic hydroxyl groups excluding tert-OH is 1. The zero-order chi connectivity index (χ0) is 16.8. The third kappa shape index (κ3) is 5.21. The molecule has 1 aromatic rings. The highest BCUT2D eigenvalue weighted by molar-refractivity contribution is 5.74. The standard InChI is InChI=1S/C19H29N3O2/c23-18(17-8-9-17)15-21-11-13-22(14-12-21)19(24)20-10-4-7-16-5-2-1-3-6-16/h1-3,5-6,17-18,23H,4,7-15H2,(H,20,24)/t18-/m0/s1. The van der Waals surface area contributed by atoms with E-state index in [1.165, 1.54) is 18.4 Å². The van der Waals surface area contributed by atoms with Gasteiger partial charge in [-0.2, -0.15) is 0 Å². The molecule has 0 aromatic heterocycles. The number of carbonyl (C=O) groups excluding carboxylic acids is 1. The summed E-state index contributed by atoms with van der Waals surface area (Å²) < 4.78 is 0. The van der Waals surface area contributed by atoms with E-state index in [4.69, 9.17) is 0 Å². The van der Waals surface area contributed by atoms with Crippen molar-refractivity contribution in [1.82, 2.24) is 15.1 Å². The van der Waals surface area contributed by atoms with Crippen LogP contribution in [0.2, 0.25) is 0 Å².